The monoisotopic (exact) mass is 388 g/mol. The number of carbonyl (C=O) groups excluding carboxylic acids is 1. The Labute approximate surface area is 168 Å². The molecule has 156 valence electrons. The number of hydrogen-bond donors (Lipinski definition) is 6. The van der Waals surface area contributed by atoms with Crippen LogP contribution in [0.2, 0.25) is 0 Å². The lowest BCUT2D eigenvalue weighted by atomic mass is 10.1. The van der Waals surface area contributed by atoms with Crippen LogP contribution in [0.5, 0.6) is 0 Å². The maximum Gasteiger partial charge on any atom is 0.237 e. The second kappa shape index (κ2) is 13.3. The minimum atomic E-state index is -0.529. The van der Waals surface area contributed by atoms with Gasteiger partial charge in [0.2, 0.25) is 5.91 Å². The highest BCUT2D eigenvalue weighted by Gasteiger charge is 2.15. The van der Waals surface area contributed by atoms with E-state index in [1.807, 2.05) is 30.5 Å². The quantitative estimate of drug-likeness (QED) is 0.253. The second-order valence-electron chi connectivity index (χ2n) is 7.16. The lowest BCUT2D eigenvalue weighted by Crippen LogP contribution is -2.42. The number of amides is 1. The van der Waals surface area contributed by atoms with E-state index < -0.39 is 6.04 Å². The summed E-state index contributed by atoms with van der Waals surface area (Å²) in [6.45, 7) is 5.36. The van der Waals surface area contributed by atoms with E-state index in [1.54, 1.807) is 0 Å². The Bertz CT molecular complexity index is 686. The third-order valence-corrected chi connectivity index (χ3v) is 4.80. The highest BCUT2D eigenvalue weighted by molar-refractivity contribution is 5.86. The average Bonchev–Trinajstić information content (AvgIpc) is 3.11. The summed E-state index contributed by atoms with van der Waals surface area (Å²) in [6.07, 6.45) is 6.73. The first-order valence-electron chi connectivity index (χ1n) is 10.4. The van der Waals surface area contributed by atoms with E-state index in [2.05, 4.69) is 20.9 Å². The summed E-state index contributed by atoms with van der Waals surface area (Å²) in [6, 6.07) is 7.53. The number of aromatic amines is 1. The molecule has 7 nitrogen and oxygen atoms in total. The summed E-state index contributed by atoms with van der Waals surface area (Å²) in [5.74, 6) is -0.0890. The van der Waals surface area contributed by atoms with Crippen molar-refractivity contribution in [2.45, 2.75) is 38.1 Å². The molecule has 1 heterocycles. The largest absolute Gasteiger partial charge is 0.361 e. The zero-order valence-corrected chi connectivity index (χ0v) is 16.8. The van der Waals surface area contributed by atoms with Crippen LogP contribution < -0.4 is 27.4 Å². The number of nitrogens with one attached hydrogen (secondary N) is 4. The Morgan fingerprint density at radius 2 is 1.64 bits per heavy atom. The lowest BCUT2D eigenvalue weighted by Gasteiger charge is -2.12. The number of unbranched alkanes of at least 4 members (excludes halogenated alkanes) is 1. The smallest absolute Gasteiger partial charge is 0.237 e. The van der Waals surface area contributed by atoms with E-state index in [1.165, 1.54) is 0 Å². The van der Waals surface area contributed by atoms with Crippen LogP contribution in [0.25, 0.3) is 10.9 Å². The molecule has 1 aromatic heterocycles. The third kappa shape index (κ3) is 7.98. The molecule has 7 heteroatoms. The van der Waals surface area contributed by atoms with Gasteiger partial charge in [0.15, 0.2) is 0 Å². The standard InChI is InChI=1S/C21H36N6O/c22-9-5-12-24-10-3-4-11-25-13-6-14-26-21(28)19(23)15-17-16-27-20-8-2-1-7-18(17)20/h1-2,7-8,16,19,24-25,27H,3-6,9-15,22-23H2,(H,26,28)/t19-/m1/s1. The molecule has 0 unspecified atom stereocenters. The SMILES string of the molecule is NCCCNCCCCNCCCNC(=O)[C@H](N)Cc1c[nH]c2ccccc12. The summed E-state index contributed by atoms with van der Waals surface area (Å²) < 4.78 is 0. The van der Waals surface area contributed by atoms with E-state index in [0.29, 0.717) is 13.0 Å². The molecular weight excluding hydrogens is 352 g/mol. The van der Waals surface area contributed by atoms with Gasteiger partial charge in [-0.2, -0.15) is 0 Å². The van der Waals surface area contributed by atoms with Crippen molar-refractivity contribution in [1.82, 2.24) is 20.9 Å². The molecule has 0 saturated heterocycles. The number of H-pyrrole nitrogens is 1. The van der Waals surface area contributed by atoms with Gasteiger partial charge in [0.1, 0.15) is 0 Å². The summed E-state index contributed by atoms with van der Waals surface area (Å²) in [7, 11) is 0. The molecule has 0 aliphatic rings. The normalized spacial score (nSPS) is 12.4. The molecule has 28 heavy (non-hydrogen) atoms. The van der Waals surface area contributed by atoms with E-state index in [4.69, 9.17) is 11.5 Å². The molecule has 0 saturated carbocycles. The molecule has 0 fully saturated rings. The van der Waals surface area contributed by atoms with Crippen molar-refractivity contribution in [2.24, 2.45) is 11.5 Å². The molecule has 1 atom stereocenters. The number of nitrogens with two attached hydrogens (primary N) is 2. The highest BCUT2D eigenvalue weighted by Crippen LogP contribution is 2.18. The van der Waals surface area contributed by atoms with Crippen molar-refractivity contribution in [3.8, 4) is 0 Å². The first-order chi connectivity index (χ1) is 13.7. The zero-order chi connectivity index (χ0) is 20.0. The molecule has 0 aliphatic heterocycles. The first-order valence-corrected chi connectivity index (χ1v) is 10.4. The van der Waals surface area contributed by atoms with Crippen molar-refractivity contribution >= 4 is 16.8 Å². The molecule has 0 radical (unpaired) electrons. The number of rotatable bonds is 15. The summed E-state index contributed by atoms with van der Waals surface area (Å²) in [5, 5.41) is 10.9. The van der Waals surface area contributed by atoms with Crippen LogP contribution in [0.1, 0.15) is 31.2 Å². The van der Waals surface area contributed by atoms with E-state index in [9.17, 15) is 4.79 Å². The predicted octanol–water partition coefficient (Wildman–Crippen LogP) is 0.852. The summed E-state index contributed by atoms with van der Waals surface area (Å²) in [5.41, 5.74) is 13.7. The lowest BCUT2D eigenvalue weighted by molar-refractivity contribution is -0.122. The number of carbonyl (C=O) groups is 1. The Balaban J connectivity index is 1.49. The molecule has 2 aromatic rings. The van der Waals surface area contributed by atoms with Gasteiger partial charge >= 0.3 is 0 Å². The van der Waals surface area contributed by atoms with Crippen LogP contribution in [0.3, 0.4) is 0 Å². The molecule has 1 amide bonds. The highest BCUT2D eigenvalue weighted by atomic mass is 16.2. The fourth-order valence-electron chi connectivity index (χ4n) is 3.16. The van der Waals surface area contributed by atoms with E-state index in [0.717, 1.165) is 74.9 Å². The van der Waals surface area contributed by atoms with Gasteiger partial charge < -0.3 is 32.4 Å². The molecule has 0 spiro atoms. The molecule has 1 aromatic carbocycles. The van der Waals surface area contributed by atoms with Gasteiger partial charge in [-0.1, -0.05) is 18.2 Å². The Morgan fingerprint density at radius 3 is 2.39 bits per heavy atom. The van der Waals surface area contributed by atoms with Gasteiger partial charge in [-0.25, -0.2) is 0 Å². The number of fused-ring (bicyclic) bond motifs is 1. The Kier molecular flexibility index (Phi) is 10.6. The van der Waals surface area contributed by atoms with Crippen LogP contribution in [-0.2, 0) is 11.2 Å². The number of aromatic nitrogens is 1. The maximum atomic E-state index is 12.2. The van der Waals surface area contributed by atoms with E-state index in [-0.39, 0.29) is 5.91 Å². The summed E-state index contributed by atoms with van der Waals surface area (Å²) in [4.78, 5) is 15.4. The fourth-order valence-corrected chi connectivity index (χ4v) is 3.16. The van der Waals surface area contributed by atoms with Crippen LogP contribution in [0, 0.1) is 0 Å². The molecule has 2 rings (SSSR count). The van der Waals surface area contributed by atoms with Crippen molar-refractivity contribution in [3.63, 3.8) is 0 Å². The molecular formula is C21H36N6O. The molecule has 8 N–H and O–H groups in total. The average molecular weight is 389 g/mol. The van der Waals surface area contributed by atoms with Crippen LogP contribution in [0.4, 0.5) is 0 Å². The minimum Gasteiger partial charge on any atom is -0.361 e. The topological polar surface area (TPSA) is 121 Å². The van der Waals surface area contributed by atoms with Crippen LogP contribution >= 0.6 is 0 Å². The predicted molar refractivity (Wildman–Crippen MR) is 116 cm³/mol. The molecule has 0 aliphatic carbocycles. The van der Waals surface area contributed by atoms with Gasteiger partial charge in [-0.15, -0.1) is 0 Å². The van der Waals surface area contributed by atoms with Crippen molar-refractivity contribution in [1.29, 1.82) is 0 Å². The van der Waals surface area contributed by atoms with Gasteiger partial charge in [0, 0.05) is 23.6 Å². The van der Waals surface area contributed by atoms with Crippen molar-refractivity contribution in [3.05, 3.63) is 36.0 Å². The zero-order valence-electron chi connectivity index (χ0n) is 16.8. The maximum absolute atomic E-state index is 12.2. The number of para-hydroxylation sites is 1. The minimum absolute atomic E-state index is 0.0890. The second-order valence-corrected chi connectivity index (χ2v) is 7.16. The fraction of sp³-hybridized carbons (Fsp3) is 0.571. The van der Waals surface area contributed by atoms with Gasteiger partial charge in [0.25, 0.3) is 0 Å². The van der Waals surface area contributed by atoms with Gasteiger partial charge in [-0.3, -0.25) is 4.79 Å². The van der Waals surface area contributed by atoms with Crippen LogP contribution in [0.15, 0.2) is 30.5 Å². The Hall–Kier alpha value is -1.93. The van der Waals surface area contributed by atoms with Crippen LogP contribution in [-0.4, -0.2) is 56.2 Å². The summed E-state index contributed by atoms with van der Waals surface area (Å²) >= 11 is 0. The van der Waals surface area contributed by atoms with Gasteiger partial charge in [0.05, 0.1) is 6.04 Å². The molecule has 0 bridgehead atoms. The van der Waals surface area contributed by atoms with Crippen molar-refractivity contribution < 1.29 is 4.79 Å². The van der Waals surface area contributed by atoms with E-state index >= 15 is 0 Å². The van der Waals surface area contributed by atoms with Crippen molar-refractivity contribution in [2.75, 3.05) is 39.3 Å². The van der Waals surface area contributed by atoms with Gasteiger partial charge in [-0.05, 0) is 76.5 Å². The number of benzene rings is 1. The first kappa shape index (κ1) is 22.4. The third-order valence-electron chi connectivity index (χ3n) is 4.80. The Morgan fingerprint density at radius 1 is 0.964 bits per heavy atom. The number of hydrogen-bond acceptors (Lipinski definition) is 5.